The van der Waals surface area contributed by atoms with Crippen molar-refractivity contribution in [3.63, 3.8) is 0 Å². The van der Waals surface area contributed by atoms with E-state index < -0.39 is 0 Å². The van der Waals surface area contributed by atoms with Crippen LogP contribution in [-0.4, -0.2) is 28.8 Å². The third-order valence-electron chi connectivity index (χ3n) is 7.27. The summed E-state index contributed by atoms with van der Waals surface area (Å²) in [6, 6.07) is 13.7. The number of fused-ring (bicyclic) bond motifs is 1. The van der Waals surface area contributed by atoms with Gasteiger partial charge in [-0.1, -0.05) is 75.8 Å². The number of nitrogens with zero attached hydrogens (tertiary/aromatic N) is 1. The van der Waals surface area contributed by atoms with Crippen molar-refractivity contribution in [2.75, 3.05) is 6.54 Å². The Hall–Kier alpha value is -2.25. The summed E-state index contributed by atoms with van der Waals surface area (Å²) in [5.41, 5.74) is 4.93. The molecule has 2 aromatic rings. The van der Waals surface area contributed by atoms with Gasteiger partial charge in [0.2, 0.25) is 0 Å². The number of carbonyl (C=O) groups excluding carboxylic acids is 1. The first kappa shape index (κ1) is 25.8. The summed E-state index contributed by atoms with van der Waals surface area (Å²) in [7, 11) is 0. The Bertz CT molecular complexity index is 979. The van der Waals surface area contributed by atoms with Gasteiger partial charge in [-0.3, -0.25) is 14.9 Å². The lowest BCUT2D eigenvalue weighted by Crippen LogP contribution is -2.32. The molecule has 0 saturated carbocycles. The fourth-order valence-electron chi connectivity index (χ4n) is 5.19. The summed E-state index contributed by atoms with van der Waals surface area (Å²) in [5, 5.41) is 18.2. The monoisotopic (exact) mass is 479 g/mol. The molecule has 1 heterocycles. The van der Waals surface area contributed by atoms with Crippen LogP contribution < -0.4 is 10.6 Å². The van der Waals surface area contributed by atoms with Gasteiger partial charge in [-0.2, -0.15) is 5.06 Å². The summed E-state index contributed by atoms with van der Waals surface area (Å²) >= 11 is 0. The fraction of sp³-hybridized carbons (Fsp3) is 0.552. The number of amides is 1. The number of hydroxylamine groups is 2. The van der Waals surface area contributed by atoms with E-state index in [0.29, 0.717) is 5.56 Å². The first-order chi connectivity index (χ1) is 17.1. The SMILES string of the molecule is CCCCCCCCCN1OC(c2ccc3c(c2)CC[C@H]3NC(=O)c2cccc(CO)c2)NC1C. The zero-order chi connectivity index (χ0) is 24.6. The van der Waals surface area contributed by atoms with E-state index in [-0.39, 0.29) is 30.9 Å². The van der Waals surface area contributed by atoms with E-state index in [1.807, 2.05) is 12.1 Å². The van der Waals surface area contributed by atoms with Crippen LogP contribution in [0.2, 0.25) is 0 Å². The van der Waals surface area contributed by atoms with Crippen molar-refractivity contribution in [1.29, 1.82) is 0 Å². The normalized spacial score (nSPS) is 21.9. The summed E-state index contributed by atoms with van der Waals surface area (Å²) in [5.74, 6) is -0.0992. The fourth-order valence-corrected chi connectivity index (χ4v) is 5.19. The van der Waals surface area contributed by atoms with Crippen LogP contribution in [0.3, 0.4) is 0 Å². The van der Waals surface area contributed by atoms with Crippen LogP contribution in [0.15, 0.2) is 42.5 Å². The van der Waals surface area contributed by atoms with Gasteiger partial charge in [0.25, 0.3) is 5.91 Å². The highest BCUT2D eigenvalue weighted by Gasteiger charge is 2.32. The Morgan fingerprint density at radius 2 is 1.91 bits per heavy atom. The van der Waals surface area contributed by atoms with Crippen LogP contribution in [0.5, 0.6) is 0 Å². The van der Waals surface area contributed by atoms with Crippen LogP contribution in [0, 0.1) is 0 Å². The van der Waals surface area contributed by atoms with E-state index in [4.69, 9.17) is 4.84 Å². The van der Waals surface area contributed by atoms with Crippen LogP contribution >= 0.6 is 0 Å². The van der Waals surface area contributed by atoms with Crippen molar-refractivity contribution >= 4 is 5.91 Å². The molecule has 35 heavy (non-hydrogen) atoms. The van der Waals surface area contributed by atoms with Crippen molar-refractivity contribution in [1.82, 2.24) is 15.7 Å². The zero-order valence-corrected chi connectivity index (χ0v) is 21.3. The minimum Gasteiger partial charge on any atom is -0.392 e. The molecule has 3 N–H and O–H groups in total. The lowest BCUT2D eigenvalue weighted by atomic mass is 10.0. The van der Waals surface area contributed by atoms with Crippen LogP contribution in [0.4, 0.5) is 0 Å². The second kappa shape index (κ2) is 12.6. The maximum atomic E-state index is 12.8. The second-order valence-electron chi connectivity index (χ2n) is 9.97. The Labute approximate surface area is 210 Å². The number of aliphatic hydroxyl groups is 1. The number of benzene rings is 2. The minimum absolute atomic E-state index is 0.00883. The Balaban J connectivity index is 1.29. The van der Waals surface area contributed by atoms with E-state index in [1.54, 1.807) is 12.1 Å². The van der Waals surface area contributed by atoms with Crippen molar-refractivity contribution < 1.29 is 14.7 Å². The zero-order valence-electron chi connectivity index (χ0n) is 21.3. The van der Waals surface area contributed by atoms with Crippen LogP contribution in [0.25, 0.3) is 0 Å². The maximum Gasteiger partial charge on any atom is 0.251 e. The second-order valence-corrected chi connectivity index (χ2v) is 9.97. The average molecular weight is 480 g/mol. The molecule has 1 amide bonds. The number of nitrogens with one attached hydrogen (secondary N) is 2. The topological polar surface area (TPSA) is 73.8 Å². The molecule has 0 aromatic heterocycles. The molecule has 2 aliphatic rings. The quantitative estimate of drug-likeness (QED) is 0.349. The van der Waals surface area contributed by atoms with Crippen molar-refractivity contribution in [2.45, 2.75) is 96.7 Å². The molecule has 2 unspecified atom stereocenters. The molecule has 1 aliphatic heterocycles. The van der Waals surface area contributed by atoms with Gasteiger partial charge in [0, 0.05) is 12.1 Å². The molecule has 1 saturated heterocycles. The average Bonchev–Trinajstić information content (AvgIpc) is 3.46. The van der Waals surface area contributed by atoms with Gasteiger partial charge >= 0.3 is 0 Å². The molecular formula is C29H41N3O3. The molecule has 6 nitrogen and oxygen atoms in total. The minimum atomic E-state index is -0.130. The third kappa shape index (κ3) is 6.70. The van der Waals surface area contributed by atoms with Gasteiger partial charge in [0.05, 0.1) is 18.8 Å². The predicted molar refractivity (Wildman–Crippen MR) is 138 cm³/mol. The number of hydrogen-bond donors (Lipinski definition) is 3. The lowest BCUT2D eigenvalue weighted by molar-refractivity contribution is -0.162. The van der Waals surface area contributed by atoms with E-state index in [0.717, 1.165) is 36.9 Å². The Morgan fingerprint density at radius 1 is 1.11 bits per heavy atom. The van der Waals surface area contributed by atoms with Crippen LogP contribution in [-0.2, 0) is 17.9 Å². The number of aryl methyl sites for hydroxylation is 1. The molecule has 190 valence electrons. The van der Waals surface area contributed by atoms with Crippen molar-refractivity contribution in [3.05, 3.63) is 70.3 Å². The third-order valence-corrected chi connectivity index (χ3v) is 7.27. The smallest absolute Gasteiger partial charge is 0.251 e. The standard InChI is InChI=1S/C29H41N3O3/c1-3-4-5-6-7-8-9-17-32-21(2)30-29(35-32)25-13-15-26-23(19-25)14-16-27(26)31-28(34)24-12-10-11-22(18-24)20-33/h10-13,15,18-19,21,27,29-30,33H,3-9,14,16-17,20H2,1-2H3,(H,31,34)/t21?,27-,29?/m1/s1. The van der Waals surface area contributed by atoms with Crippen molar-refractivity contribution in [2.24, 2.45) is 0 Å². The van der Waals surface area contributed by atoms with Gasteiger partial charge in [-0.15, -0.1) is 0 Å². The first-order valence-corrected chi connectivity index (χ1v) is 13.4. The Kier molecular flexibility index (Phi) is 9.32. The Morgan fingerprint density at radius 3 is 2.71 bits per heavy atom. The summed E-state index contributed by atoms with van der Waals surface area (Å²) in [4.78, 5) is 19.0. The van der Waals surface area contributed by atoms with Gasteiger partial charge in [-0.05, 0) is 60.6 Å². The molecular weight excluding hydrogens is 438 g/mol. The van der Waals surface area contributed by atoms with E-state index in [2.05, 4.69) is 47.7 Å². The highest BCUT2D eigenvalue weighted by molar-refractivity contribution is 5.94. The highest BCUT2D eigenvalue weighted by Crippen LogP contribution is 2.34. The molecule has 4 rings (SSSR count). The highest BCUT2D eigenvalue weighted by atomic mass is 16.7. The molecule has 0 radical (unpaired) electrons. The number of aliphatic hydroxyl groups excluding tert-OH is 1. The van der Waals surface area contributed by atoms with Gasteiger partial charge in [0.1, 0.15) is 0 Å². The largest absolute Gasteiger partial charge is 0.392 e. The molecule has 3 atom stereocenters. The van der Waals surface area contributed by atoms with E-state index in [9.17, 15) is 9.90 Å². The summed E-state index contributed by atoms with van der Waals surface area (Å²) in [6.07, 6.45) is 11.0. The molecule has 0 bridgehead atoms. The number of hydrogen-bond acceptors (Lipinski definition) is 5. The first-order valence-electron chi connectivity index (χ1n) is 13.4. The molecule has 1 aliphatic carbocycles. The van der Waals surface area contributed by atoms with Gasteiger partial charge < -0.3 is 10.4 Å². The van der Waals surface area contributed by atoms with E-state index >= 15 is 0 Å². The number of rotatable bonds is 12. The summed E-state index contributed by atoms with van der Waals surface area (Å²) < 4.78 is 0. The van der Waals surface area contributed by atoms with Gasteiger partial charge in [-0.25, -0.2) is 0 Å². The molecule has 2 aromatic carbocycles. The molecule has 1 fully saturated rings. The van der Waals surface area contributed by atoms with Crippen molar-refractivity contribution in [3.8, 4) is 0 Å². The maximum absolute atomic E-state index is 12.8. The molecule has 6 heteroatoms. The predicted octanol–water partition coefficient (Wildman–Crippen LogP) is 5.53. The number of unbranched alkanes of at least 4 members (excludes halogenated alkanes) is 6. The number of carbonyl (C=O) groups is 1. The lowest BCUT2D eigenvalue weighted by Gasteiger charge is -2.18. The van der Waals surface area contributed by atoms with Gasteiger partial charge in [0.15, 0.2) is 6.23 Å². The molecule has 0 spiro atoms. The van der Waals surface area contributed by atoms with E-state index in [1.165, 1.54) is 49.7 Å². The summed E-state index contributed by atoms with van der Waals surface area (Å²) in [6.45, 7) is 5.30. The van der Waals surface area contributed by atoms with Crippen LogP contribution in [0.1, 0.15) is 110 Å².